The Morgan fingerprint density at radius 2 is 2.00 bits per heavy atom. The number of rotatable bonds is 1. The first-order valence-corrected chi connectivity index (χ1v) is 5.35. The summed E-state index contributed by atoms with van der Waals surface area (Å²) in [6.45, 7) is 0. The number of fused-ring (bicyclic) bond motifs is 1. The lowest BCUT2D eigenvalue weighted by Crippen LogP contribution is -1.99. The number of aryl methyl sites for hydroxylation is 2. The third-order valence-corrected chi connectivity index (χ3v) is 3.00. The second-order valence-corrected chi connectivity index (χ2v) is 4.10. The van der Waals surface area contributed by atoms with Crippen LogP contribution in [0.1, 0.15) is 24.1 Å². The fourth-order valence-electron chi connectivity index (χ4n) is 2.22. The lowest BCUT2D eigenvalue weighted by atomic mass is 9.98. The molecular formula is C11H14N4. The van der Waals surface area contributed by atoms with Crippen molar-refractivity contribution in [2.75, 3.05) is 5.73 Å². The van der Waals surface area contributed by atoms with E-state index in [0.29, 0.717) is 5.82 Å². The van der Waals surface area contributed by atoms with E-state index in [-0.39, 0.29) is 0 Å². The monoisotopic (exact) mass is 202 g/mol. The highest BCUT2D eigenvalue weighted by atomic mass is 15.2. The number of nitrogens with zero attached hydrogens (tertiary/aromatic N) is 1. The van der Waals surface area contributed by atoms with Gasteiger partial charge in [-0.15, -0.1) is 0 Å². The van der Waals surface area contributed by atoms with Gasteiger partial charge in [-0.1, -0.05) is 0 Å². The molecule has 4 heteroatoms. The van der Waals surface area contributed by atoms with Crippen LogP contribution in [0.5, 0.6) is 0 Å². The highest BCUT2D eigenvalue weighted by molar-refractivity contribution is 5.60. The van der Waals surface area contributed by atoms with Crippen LogP contribution < -0.4 is 5.73 Å². The fourth-order valence-corrected chi connectivity index (χ4v) is 2.22. The molecular weight excluding hydrogens is 188 g/mol. The van der Waals surface area contributed by atoms with Crippen molar-refractivity contribution in [2.24, 2.45) is 0 Å². The molecule has 78 valence electrons. The van der Waals surface area contributed by atoms with Crippen molar-refractivity contribution in [1.82, 2.24) is 15.2 Å². The second-order valence-electron chi connectivity index (χ2n) is 4.10. The van der Waals surface area contributed by atoms with Crippen LogP contribution in [-0.2, 0) is 12.8 Å². The first kappa shape index (κ1) is 8.59. The van der Waals surface area contributed by atoms with E-state index in [1.165, 1.54) is 36.9 Å². The van der Waals surface area contributed by atoms with Crippen molar-refractivity contribution >= 4 is 5.82 Å². The molecule has 2 aromatic rings. The quantitative estimate of drug-likeness (QED) is 0.660. The number of aromatic amines is 2. The predicted octanol–water partition coefficient (Wildman–Crippen LogP) is 1.87. The van der Waals surface area contributed by atoms with Gasteiger partial charge in [0.2, 0.25) is 0 Å². The highest BCUT2D eigenvalue weighted by Gasteiger charge is 2.14. The molecule has 1 aliphatic carbocycles. The summed E-state index contributed by atoms with van der Waals surface area (Å²) in [6, 6.07) is 4.07. The topological polar surface area (TPSA) is 70.5 Å². The van der Waals surface area contributed by atoms with E-state index >= 15 is 0 Å². The Kier molecular flexibility index (Phi) is 1.80. The van der Waals surface area contributed by atoms with Gasteiger partial charge in [0.25, 0.3) is 0 Å². The van der Waals surface area contributed by atoms with Crippen LogP contribution in [0.3, 0.4) is 0 Å². The summed E-state index contributed by atoms with van der Waals surface area (Å²) in [5.41, 5.74) is 10.5. The number of H-pyrrole nitrogens is 2. The molecule has 4 nitrogen and oxygen atoms in total. The van der Waals surface area contributed by atoms with Crippen molar-refractivity contribution in [2.45, 2.75) is 25.7 Å². The first-order chi connectivity index (χ1) is 7.33. The lowest BCUT2D eigenvalue weighted by Gasteiger charge is -2.08. The smallest absolute Gasteiger partial charge is 0.145 e. The van der Waals surface area contributed by atoms with E-state index < -0.39 is 0 Å². The number of hydrogen-bond donors (Lipinski definition) is 3. The summed E-state index contributed by atoms with van der Waals surface area (Å²) >= 11 is 0. The largest absolute Gasteiger partial charge is 0.382 e. The van der Waals surface area contributed by atoms with Gasteiger partial charge in [-0.2, -0.15) is 5.10 Å². The van der Waals surface area contributed by atoms with E-state index in [0.717, 1.165) is 11.4 Å². The molecule has 0 spiro atoms. The van der Waals surface area contributed by atoms with Gasteiger partial charge in [0.1, 0.15) is 5.82 Å². The van der Waals surface area contributed by atoms with Crippen LogP contribution in [0.4, 0.5) is 5.82 Å². The van der Waals surface area contributed by atoms with Crippen molar-refractivity contribution < 1.29 is 0 Å². The van der Waals surface area contributed by atoms with Crippen LogP contribution >= 0.6 is 0 Å². The molecule has 0 aliphatic heterocycles. The van der Waals surface area contributed by atoms with Crippen LogP contribution in [0.2, 0.25) is 0 Å². The molecule has 1 aliphatic rings. The molecule has 0 unspecified atom stereocenters. The Bertz CT molecular complexity index is 457. The van der Waals surface area contributed by atoms with Gasteiger partial charge in [-0.25, -0.2) is 0 Å². The van der Waals surface area contributed by atoms with Crippen molar-refractivity contribution in [1.29, 1.82) is 0 Å². The summed E-state index contributed by atoms with van der Waals surface area (Å²) in [4.78, 5) is 3.44. The van der Waals surface area contributed by atoms with Gasteiger partial charge >= 0.3 is 0 Å². The standard InChI is InChI=1S/C11H14N4/c12-11-6-10(14-15-11)9-5-7-3-1-2-4-8(7)13-9/h5-6,13H,1-4H2,(H3,12,14,15). The molecule has 0 saturated heterocycles. The maximum atomic E-state index is 5.58. The molecule has 15 heavy (non-hydrogen) atoms. The molecule has 0 radical (unpaired) electrons. The SMILES string of the molecule is Nc1cc(-c2cc3c([nH]2)CCCC3)[nH]n1. The van der Waals surface area contributed by atoms with Crippen molar-refractivity contribution in [3.05, 3.63) is 23.4 Å². The lowest BCUT2D eigenvalue weighted by molar-refractivity contribution is 0.677. The average Bonchev–Trinajstić information content (AvgIpc) is 2.82. The number of nitrogens with two attached hydrogens (primary N) is 1. The number of aromatic nitrogens is 3. The first-order valence-electron chi connectivity index (χ1n) is 5.35. The van der Waals surface area contributed by atoms with Gasteiger partial charge in [0.15, 0.2) is 0 Å². The Hall–Kier alpha value is -1.71. The fraction of sp³-hybridized carbons (Fsp3) is 0.364. The van der Waals surface area contributed by atoms with Crippen LogP contribution in [0.25, 0.3) is 11.4 Å². The van der Waals surface area contributed by atoms with Crippen LogP contribution in [-0.4, -0.2) is 15.2 Å². The second kappa shape index (κ2) is 3.15. The van der Waals surface area contributed by atoms with Gasteiger partial charge < -0.3 is 10.7 Å². The number of hydrogen-bond acceptors (Lipinski definition) is 2. The average molecular weight is 202 g/mol. The molecule has 0 saturated carbocycles. The highest BCUT2D eigenvalue weighted by Crippen LogP contribution is 2.26. The van der Waals surface area contributed by atoms with Gasteiger partial charge in [0.05, 0.1) is 11.4 Å². The molecule has 0 amide bonds. The number of nitrogen functional groups attached to an aromatic ring is 1. The van der Waals surface area contributed by atoms with Crippen LogP contribution in [0, 0.1) is 0 Å². The van der Waals surface area contributed by atoms with E-state index in [1.54, 1.807) is 0 Å². The number of anilines is 1. The zero-order valence-corrected chi connectivity index (χ0v) is 8.51. The minimum absolute atomic E-state index is 0.539. The Morgan fingerprint density at radius 3 is 2.73 bits per heavy atom. The normalized spacial score (nSPS) is 15.2. The molecule has 0 fully saturated rings. The summed E-state index contributed by atoms with van der Waals surface area (Å²) in [7, 11) is 0. The maximum Gasteiger partial charge on any atom is 0.145 e. The summed E-state index contributed by atoms with van der Waals surface area (Å²) in [5, 5.41) is 6.86. The summed E-state index contributed by atoms with van der Waals surface area (Å²) in [5.74, 6) is 0.539. The third-order valence-electron chi connectivity index (χ3n) is 3.00. The van der Waals surface area contributed by atoms with Crippen molar-refractivity contribution in [3.63, 3.8) is 0 Å². The maximum absolute atomic E-state index is 5.58. The summed E-state index contributed by atoms with van der Waals surface area (Å²) in [6.07, 6.45) is 4.95. The summed E-state index contributed by atoms with van der Waals surface area (Å²) < 4.78 is 0. The Labute approximate surface area is 87.9 Å². The minimum atomic E-state index is 0.539. The van der Waals surface area contributed by atoms with E-state index in [2.05, 4.69) is 21.2 Å². The molecule has 0 atom stereocenters. The molecule has 3 rings (SSSR count). The van der Waals surface area contributed by atoms with Gasteiger partial charge in [0, 0.05) is 11.8 Å². The molecule has 0 bridgehead atoms. The van der Waals surface area contributed by atoms with Crippen LogP contribution in [0.15, 0.2) is 12.1 Å². The predicted molar refractivity (Wildman–Crippen MR) is 59.4 cm³/mol. The van der Waals surface area contributed by atoms with Gasteiger partial charge in [-0.05, 0) is 37.3 Å². The van der Waals surface area contributed by atoms with Gasteiger partial charge in [-0.3, -0.25) is 5.10 Å². The molecule has 4 N–H and O–H groups in total. The Morgan fingerprint density at radius 1 is 1.13 bits per heavy atom. The van der Waals surface area contributed by atoms with E-state index in [4.69, 9.17) is 5.73 Å². The molecule has 2 heterocycles. The van der Waals surface area contributed by atoms with Crippen molar-refractivity contribution in [3.8, 4) is 11.4 Å². The Balaban J connectivity index is 2.02. The zero-order valence-electron chi connectivity index (χ0n) is 8.51. The third kappa shape index (κ3) is 1.42. The van der Waals surface area contributed by atoms with E-state index in [9.17, 15) is 0 Å². The molecule has 2 aromatic heterocycles. The molecule has 0 aromatic carbocycles. The number of nitrogens with one attached hydrogen (secondary N) is 2. The van der Waals surface area contributed by atoms with E-state index in [1.807, 2.05) is 6.07 Å². The zero-order chi connectivity index (χ0) is 10.3. The minimum Gasteiger partial charge on any atom is -0.382 e.